The fourth-order valence-corrected chi connectivity index (χ4v) is 3.72. The van der Waals surface area contributed by atoms with E-state index in [1.54, 1.807) is 0 Å². The average molecular weight is 373 g/mol. The van der Waals surface area contributed by atoms with Crippen LogP contribution in [0.15, 0.2) is 91.0 Å². The first-order chi connectivity index (χ1) is 13.9. The van der Waals surface area contributed by atoms with Crippen molar-refractivity contribution in [1.29, 1.82) is 0 Å². The molecular formula is C25H27NO2. The van der Waals surface area contributed by atoms with E-state index in [0.717, 1.165) is 31.8 Å². The molecule has 3 nitrogen and oxygen atoms in total. The van der Waals surface area contributed by atoms with E-state index in [4.69, 9.17) is 9.47 Å². The van der Waals surface area contributed by atoms with E-state index >= 15 is 0 Å². The quantitative estimate of drug-likeness (QED) is 0.558. The lowest BCUT2D eigenvalue weighted by molar-refractivity contribution is 0.0137. The van der Waals surface area contributed by atoms with Crippen molar-refractivity contribution in [3.63, 3.8) is 0 Å². The van der Waals surface area contributed by atoms with Crippen molar-refractivity contribution >= 4 is 0 Å². The van der Waals surface area contributed by atoms with Crippen LogP contribution in [0.5, 0.6) is 5.75 Å². The Morgan fingerprint density at radius 3 is 1.96 bits per heavy atom. The van der Waals surface area contributed by atoms with Gasteiger partial charge in [0.1, 0.15) is 18.5 Å². The highest BCUT2D eigenvalue weighted by molar-refractivity contribution is 5.30. The molecule has 1 unspecified atom stereocenters. The summed E-state index contributed by atoms with van der Waals surface area (Å²) in [7, 11) is 0. The van der Waals surface area contributed by atoms with Crippen molar-refractivity contribution in [1.82, 2.24) is 4.90 Å². The SMILES string of the molecule is c1ccc(OCCN2CCC(OC(c3ccccc3)c3ccccc3)C2)cc1. The van der Waals surface area contributed by atoms with Gasteiger partial charge in [-0.3, -0.25) is 4.90 Å². The second-order valence-corrected chi connectivity index (χ2v) is 7.21. The van der Waals surface area contributed by atoms with Gasteiger partial charge in [-0.25, -0.2) is 0 Å². The molecule has 0 radical (unpaired) electrons. The number of likely N-dealkylation sites (tertiary alicyclic amines) is 1. The molecule has 1 heterocycles. The summed E-state index contributed by atoms with van der Waals surface area (Å²) in [4.78, 5) is 2.43. The fraction of sp³-hybridized carbons (Fsp3) is 0.280. The highest BCUT2D eigenvalue weighted by atomic mass is 16.5. The van der Waals surface area contributed by atoms with E-state index in [2.05, 4.69) is 65.6 Å². The molecule has 3 aromatic carbocycles. The van der Waals surface area contributed by atoms with E-state index in [9.17, 15) is 0 Å². The number of nitrogens with zero attached hydrogens (tertiary/aromatic N) is 1. The molecule has 3 aromatic rings. The molecule has 144 valence electrons. The maximum absolute atomic E-state index is 6.60. The van der Waals surface area contributed by atoms with Gasteiger partial charge in [-0.1, -0.05) is 78.9 Å². The van der Waals surface area contributed by atoms with Crippen LogP contribution in [-0.4, -0.2) is 37.2 Å². The monoisotopic (exact) mass is 373 g/mol. The van der Waals surface area contributed by atoms with Crippen molar-refractivity contribution in [2.45, 2.75) is 18.6 Å². The zero-order valence-corrected chi connectivity index (χ0v) is 16.1. The minimum absolute atomic E-state index is 0.0204. The summed E-state index contributed by atoms with van der Waals surface area (Å²) in [5, 5.41) is 0. The molecule has 1 fully saturated rings. The van der Waals surface area contributed by atoms with Crippen LogP contribution in [0.4, 0.5) is 0 Å². The summed E-state index contributed by atoms with van der Waals surface area (Å²) in [6.07, 6.45) is 1.27. The number of para-hydroxylation sites is 1. The Hall–Kier alpha value is -2.62. The molecule has 1 aliphatic rings. The van der Waals surface area contributed by atoms with Gasteiger partial charge in [0.05, 0.1) is 6.10 Å². The van der Waals surface area contributed by atoms with Gasteiger partial charge >= 0.3 is 0 Å². The molecule has 28 heavy (non-hydrogen) atoms. The lowest BCUT2D eigenvalue weighted by Crippen LogP contribution is -2.28. The van der Waals surface area contributed by atoms with Gasteiger partial charge in [-0.05, 0) is 29.7 Å². The van der Waals surface area contributed by atoms with Crippen molar-refractivity contribution in [2.24, 2.45) is 0 Å². The van der Waals surface area contributed by atoms with Crippen LogP contribution in [0, 0.1) is 0 Å². The van der Waals surface area contributed by atoms with E-state index in [1.165, 1.54) is 11.1 Å². The minimum Gasteiger partial charge on any atom is -0.492 e. The molecule has 4 rings (SSSR count). The summed E-state index contributed by atoms with van der Waals surface area (Å²) < 4.78 is 12.4. The largest absolute Gasteiger partial charge is 0.492 e. The summed E-state index contributed by atoms with van der Waals surface area (Å²) >= 11 is 0. The Morgan fingerprint density at radius 2 is 1.36 bits per heavy atom. The van der Waals surface area contributed by atoms with Crippen LogP contribution >= 0.6 is 0 Å². The van der Waals surface area contributed by atoms with E-state index in [1.807, 2.05) is 30.3 Å². The molecule has 0 amide bonds. The van der Waals surface area contributed by atoms with Crippen LogP contribution in [0.1, 0.15) is 23.7 Å². The molecule has 1 aliphatic heterocycles. The van der Waals surface area contributed by atoms with Gasteiger partial charge in [0, 0.05) is 19.6 Å². The molecule has 0 saturated carbocycles. The second-order valence-electron chi connectivity index (χ2n) is 7.21. The Kier molecular flexibility index (Phi) is 6.38. The lowest BCUT2D eigenvalue weighted by atomic mass is 10.0. The first-order valence-corrected chi connectivity index (χ1v) is 10.0. The highest BCUT2D eigenvalue weighted by Gasteiger charge is 2.27. The maximum atomic E-state index is 6.60. The second kappa shape index (κ2) is 9.54. The van der Waals surface area contributed by atoms with Crippen molar-refractivity contribution < 1.29 is 9.47 Å². The van der Waals surface area contributed by atoms with Crippen molar-refractivity contribution in [2.75, 3.05) is 26.2 Å². The van der Waals surface area contributed by atoms with Gasteiger partial charge in [0.25, 0.3) is 0 Å². The van der Waals surface area contributed by atoms with Crippen molar-refractivity contribution in [3.05, 3.63) is 102 Å². The van der Waals surface area contributed by atoms with Gasteiger partial charge in [0.15, 0.2) is 0 Å². The number of ether oxygens (including phenoxy) is 2. The van der Waals surface area contributed by atoms with Gasteiger partial charge in [0.2, 0.25) is 0 Å². The van der Waals surface area contributed by atoms with Crippen LogP contribution in [0.2, 0.25) is 0 Å². The Bertz CT molecular complexity index is 783. The number of benzene rings is 3. The lowest BCUT2D eigenvalue weighted by Gasteiger charge is -2.23. The summed E-state index contributed by atoms with van der Waals surface area (Å²) in [6, 6.07) is 31.0. The summed E-state index contributed by atoms with van der Waals surface area (Å²) in [5.41, 5.74) is 2.42. The maximum Gasteiger partial charge on any atom is 0.119 e. The van der Waals surface area contributed by atoms with Gasteiger partial charge < -0.3 is 9.47 Å². The Balaban J connectivity index is 1.33. The molecule has 3 heteroatoms. The Morgan fingerprint density at radius 1 is 0.786 bits per heavy atom. The van der Waals surface area contributed by atoms with Crippen LogP contribution in [0.3, 0.4) is 0 Å². The normalized spacial score (nSPS) is 17.1. The van der Waals surface area contributed by atoms with Gasteiger partial charge in [-0.2, -0.15) is 0 Å². The molecule has 0 aromatic heterocycles. The topological polar surface area (TPSA) is 21.7 Å². The third-order valence-corrected chi connectivity index (χ3v) is 5.18. The first kappa shape index (κ1) is 18.7. The minimum atomic E-state index is -0.0204. The molecule has 0 bridgehead atoms. The molecular weight excluding hydrogens is 346 g/mol. The Labute approximate surface area is 167 Å². The van der Waals surface area contributed by atoms with Crippen LogP contribution in [0.25, 0.3) is 0 Å². The smallest absolute Gasteiger partial charge is 0.119 e. The zero-order chi connectivity index (χ0) is 19.0. The summed E-state index contributed by atoms with van der Waals surface area (Å²) in [6.45, 7) is 3.64. The molecule has 0 spiro atoms. The number of rotatable bonds is 8. The molecule has 1 atom stereocenters. The standard InChI is InChI=1S/C25H27NO2/c1-4-10-21(11-5-1)25(22-12-6-2-7-13-22)28-24-16-17-26(20-24)18-19-27-23-14-8-3-9-15-23/h1-15,24-25H,16-20H2. The van der Waals surface area contributed by atoms with E-state index < -0.39 is 0 Å². The predicted molar refractivity (Wildman–Crippen MR) is 113 cm³/mol. The predicted octanol–water partition coefficient (Wildman–Crippen LogP) is 4.95. The average Bonchev–Trinajstić information content (AvgIpc) is 3.21. The summed E-state index contributed by atoms with van der Waals surface area (Å²) in [5.74, 6) is 0.933. The first-order valence-electron chi connectivity index (χ1n) is 10.0. The third kappa shape index (κ3) is 5.00. The molecule has 0 aliphatic carbocycles. The number of hydrogen-bond acceptors (Lipinski definition) is 3. The van der Waals surface area contributed by atoms with Crippen LogP contribution in [-0.2, 0) is 4.74 Å². The molecule has 0 N–H and O–H groups in total. The van der Waals surface area contributed by atoms with Crippen LogP contribution < -0.4 is 4.74 Å². The molecule has 1 saturated heterocycles. The third-order valence-electron chi connectivity index (χ3n) is 5.18. The van der Waals surface area contributed by atoms with Gasteiger partial charge in [-0.15, -0.1) is 0 Å². The number of hydrogen-bond donors (Lipinski definition) is 0. The zero-order valence-electron chi connectivity index (χ0n) is 16.1. The van der Waals surface area contributed by atoms with Crippen molar-refractivity contribution in [3.8, 4) is 5.75 Å². The van der Waals surface area contributed by atoms with E-state index in [-0.39, 0.29) is 12.2 Å². The fourth-order valence-electron chi connectivity index (χ4n) is 3.72. The highest BCUT2D eigenvalue weighted by Crippen LogP contribution is 2.29. The van der Waals surface area contributed by atoms with E-state index in [0.29, 0.717) is 6.61 Å².